The second-order valence-electron chi connectivity index (χ2n) is 6.06. The van der Waals surface area contributed by atoms with Crippen LogP contribution in [0.15, 0.2) is 60.7 Å². The molecule has 0 unspecified atom stereocenters. The van der Waals surface area contributed by atoms with E-state index in [1.165, 1.54) is 0 Å². The molecule has 0 aliphatic rings. The molecule has 2 rings (SSSR count). The third-order valence-corrected chi connectivity index (χ3v) is 4.09. The van der Waals surface area contributed by atoms with Crippen molar-refractivity contribution in [2.75, 3.05) is 7.11 Å². The predicted octanol–water partition coefficient (Wildman–Crippen LogP) is 4.03. The number of rotatable bonds is 8. The molecule has 4 nitrogen and oxygen atoms in total. The lowest BCUT2D eigenvalue weighted by atomic mass is 10.0. The van der Waals surface area contributed by atoms with Crippen molar-refractivity contribution in [2.24, 2.45) is 0 Å². The van der Waals surface area contributed by atoms with Crippen LogP contribution in [0, 0.1) is 0 Å². The van der Waals surface area contributed by atoms with Gasteiger partial charge >= 0.3 is 12.1 Å². The Kier molecular flexibility index (Phi) is 7.38. The zero-order chi connectivity index (χ0) is 19.9. The maximum atomic E-state index is 13.7. The van der Waals surface area contributed by atoms with Crippen molar-refractivity contribution in [3.8, 4) is 0 Å². The Morgan fingerprint density at radius 3 is 2.11 bits per heavy atom. The molecule has 2 aromatic carbocycles. The van der Waals surface area contributed by atoms with Crippen molar-refractivity contribution in [1.82, 2.24) is 5.32 Å². The second-order valence-corrected chi connectivity index (χ2v) is 6.06. The van der Waals surface area contributed by atoms with E-state index in [4.69, 9.17) is 4.74 Å². The Hall–Kier alpha value is -2.38. The van der Waals surface area contributed by atoms with Gasteiger partial charge in [-0.15, -0.1) is 0 Å². The molecule has 0 fully saturated rings. The summed E-state index contributed by atoms with van der Waals surface area (Å²) in [6.07, 6.45) is -6.54. The van der Waals surface area contributed by atoms with E-state index in [0.717, 1.165) is 7.11 Å². The number of carbonyl (C=O) groups excluding carboxylic acids is 1. The van der Waals surface area contributed by atoms with Gasteiger partial charge in [0.15, 0.2) is 6.10 Å². The van der Waals surface area contributed by atoms with E-state index in [1.807, 2.05) is 0 Å². The summed E-state index contributed by atoms with van der Waals surface area (Å²) in [5, 5.41) is 2.47. The van der Waals surface area contributed by atoms with Crippen LogP contribution in [-0.2, 0) is 20.9 Å². The van der Waals surface area contributed by atoms with Gasteiger partial charge in [0, 0.05) is 6.04 Å². The molecule has 1 N–H and O–H groups in total. The van der Waals surface area contributed by atoms with E-state index in [1.54, 1.807) is 67.6 Å². The minimum atomic E-state index is -4.71. The summed E-state index contributed by atoms with van der Waals surface area (Å²) in [7, 11) is 1.04. The topological polar surface area (TPSA) is 47.6 Å². The summed E-state index contributed by atoms with van der Waals surface area (Å²) in [5.74, 6) is -1.08. The van der Waals surface area contributed by atoms with Crippen molar-refractivity contribution in [2.45, 2.75) is 37.9 Å². The van der Waals surface area contributed by atoms with Crippen LogP contribution < -0.4 is 5.32 Å². The molecule has 0 saturated heterocycles. The molecule has 0 heterocycles. The maximum absolute atomic E-state index is 13.7. The van der Waals surface area contributed by atoms with Crippen LogP contribution in [-0.4, -0.2) is 31.4 Å². The van der Waals surface area contributed by atoms with E-state index in [-0.39, 0.29) is 6.61 Å². The van der Waals surface area contributed by atoms with Crippen LogP contribution in [0.25, 0.3) is 0 Å². The molecule has 0 aliphatic carbocycles. The molecule has 3 atom stereocenters. The van der Waals surface area contributed by atoms with Crippen LogP contribution in [0.3, 0.4) is 0 Å². The number of benzene rings is 2. The first kappa shape index (κ1) is 20.9. The summed E-state index contributed by atoms with van der Waals surface area (Å²) in [4.78, 5) is 12.1. The molecule has 0 aromatic heterocycles. The van der Waals surface area contributed by atoms with E-state index >= 15 is 0 Å². The number of carbonyl (C=O) groups is 1. The molecule has 0 radical (unpaired) electrons. The van der Waals surface area contributed by atoms with Crippen molar-refractivity contribution >= 4 is 5.97 Å². The fourth-order valence-corrected chi connectivity index (χ4v) is 2.64. The molecule has 2 aromatic rings. The molecule has 27 heavy (non-hydrogen) atoms. The van der Waals surface area contributed by atoms with Gasteiger partial charge in [0.25, 0.3) is 0 Å². The minimum absolute atomic E-state index is 0.144. The average Bonchev–Trinajstić information content (AvgIpc) is 2.67. The van der Waals surface area contributed by atoms with Gasteiger partial charge in [0.2, 0.25) is 0 Å². The van der Waals surface area contributed by atoms with Crippen molar-refractivity contribution < 1.29 is 27.4 Å². The zero-order valence-electron chi connectivity index (χ0n) is 15.1. The van der Waals surface area contributed by atoms with Gasteiger partial charge in [-0.3, -0.25) is 5.32 Å². The maximum Gasteiger partial charge on any atom is 0.407 e. The number of halogens is 3. The Labute approximate surface area is 156 Å². The lowest BCUT2D eigenvalue weighted by Gasteiger charge is -2.30. The average molecular weight is 381 g/mol. The van der Waals surface area contributed by atoms with Gasteiger partial charge in [-0.1, -0.05) is 60.7 Å². The first-order valence-electron chi connectivity index (χ1n) is 8.44. The lowest BCUT2D eigenvalue weighted by molar-refractivity contribution is -0.201. The first-order valence-corrected chi connectivity index (χ1v) is 8.44. The molecule has 146 valence electrons. The fraction of sp³-hybridized carbons (Fsp3) is 0.350. The van der Waals surface area contributed by atoms with E-state index < -0.39 is 30.3 Å². The molecule has 7 heteroatoms. The summed E-state index contributed by atoms with van der Waals surface area (Å²) in [5.41, 5.74) is 1.32. The van der Waals surface area contributed by atoms with Crippen LogP contribution >= 0.6 is 0 Å². The highest BCUT2D eigenvalue weighted by Crippen LogP contribution is 2.28. The van der Waals surface area contributed by atoms with Crippen LogP contribution in [0.4, 0.5) is 13.2 Å². The van der Waals surface area contributed by atoms with Gasteiger partial charge in [0.1, 0.15) is 6.04 Å². The molecular weight excluding hydrogens is 359 g/mol. The van der Waals surface area contributed by atoms with Gasteiger partial charge in [-0.25, -0.2) is 4.79 Å². The number of hydrogen-bond donors (Lipinski definition) is 1. The van der Waals surface area contributed by atoms with Crippen molar-refractivity contribution in [3.63, 3.8) is 0 Å². The van der Waals surface area contributed by atoms with Gasteiger partial charge in [-0.2, -0.15) is 13.2 Å². The Morgan fingerprint density at radius 2 is 1.59 bits per heavy atom. The van der Waals surface area contributed by atoms with Crippen LogP contribution in [0.1, 0.15) is 24.1 Å². The standard InChI is InChI=1S/C20H22F3NO3/c1-14(16-11-7-4-8-12-16)24-18(20(21,22)23)17(19(25)26-2)27-13-15-9-5-3-6-10-15/h3-12,14,17-18,24H,13H2,1-2H3/t14-,17+,18+/m0/s1. The Bertz CT molecular complexity index is 707. The van der Waals surface area contributed by atoms with E-state index in [2.05, 4.69) is 10.1 Å². The molecule has 0 spiro atoms. The lowest BCUT2D eigenvalue weighted by Crippen LogP contribution is -2.55. The predicted molar refractivity (Wildman–Crippen MR) is 94.9 cm³/mol. The van der Waals surface area contributed by atoms with Gasteiger partial charge in [0.05, 0.1) is 13.7 Å². The third kappa shape index (κ3) is 6.08. The smallest absolute Gasteiger partial charge is 0.407 e. The van der Waals surface area contributed by atoms with Crippen molar-refractivity contribution in [3.05, 3.63) is 71.8 Å². The second kappa shape index (κ2) is 9.53. The van der Waals surface area contributed by atoms with E-state index in [0.29, 0.717) is 11.1 Å². The highest BCUT2D eigenvalue weighted by molar-refractivity contribution is 5.75. The van der Waals surface area contributed by atoms with Gasteiger partial charge in [-0.05, 0) is 18.1 Å². The zero-order valence-corrected chi connectivity index (χ0v) is 15.1. The number of esters is 1. The molecule has 0 bridgehead atoms. The van der Waals surface area contributed by atoms with E-state index in [9.17, 15) is 18.0 Å². The third-order valence-electron chi connectivity index (χ3n) is 4.09. The highest BCUT2D eigenvalue weighted by atomic mass is 19.4. The number of alkyl halides is 3. The number of nitrogens with one attached hydrogen (secondary N) is 1. The summed E-state index contributed by atoms with van der Waals surface area (Å²) in [6, 6.07) is 14.5. The first-order chi connectivity index (χ1) is 12.8. The summed E-state index contributed by atoms with van der Waals surface area (Å²) in [6.45, 7) is 1.45. The van der Waals surface area contributed by atoms with Crippen LogP contribution in [0.2, 0.25) is 0 Å². The number of ether oxygens (including phenoxy) is 2. The highest BCUT2D eigenvalue weighted by Gasteiger charge is 2.49. The SMILES string of the molecule is COC(=O)[C@H](OCc1ccccc1)[C@@H](N[C@@H](C)c1ccccc1)C(F)(F)F. The summed E-state index contributed by atoms with van der Waals surface area (Å²) >= 11 is 0. The summed E-state index contributed by atoms with van der Waals surface area (Å²) < 4.78 is 51.1. The monoisotopic (exact) mass is 381 g/mol. The van der Waals surface area contributed by atoms with Crippen molar-refractivity contribution in [1.29, 1.82) is 0 Å². The molecular formula is C20H22F3NO3. The Morgan fingerprint density at radius 1 is 1.04 bits per heavy atom. The van der Waals surface area contributed by atoms with Gasteiger partial charge < -0.3 is 9.47 Å². The fourth-order valence-electron chi connectivity index (χ4n) is 2.64. The molecule has 0 aliphatic heterocycles. The molecule has 0 saturated carbocycles. The molecule has 0 amide bonds. The normalized spacial score (nSPS) is 15.0. The number of methoxy groups -OCH3 is 1. The Balaban J connectivity index is 2.21. The number of hydrogen-bond acceptors (Lipinski definition) is 4. The largest absolute Gasteiger partial charge is 0.467 e. The quantitative estimate of drug-likeness (QED) is 0.702. The van der Waals surface area contributed by atoms with Crippen LogP contribution in [0.5, 0.6) is 0 Å². The minimum Gasteiger partial charge on any atom is -0.467 e.